The maximum Gasteiger partial charge on any atom is 0.416 e. The molecule has 0 saturated carbocycles. The summed E-state index contributed by atoms with van der Waals surface area (Å²) in [6.45, 7) is -0.0457. The number of carbonyl (C=O) groups excluding carboxylic acids is 2. The van der Waals surface area contributed by atoms with Gasteiger partial charge in [-0.05, 0) is 42.0 Å². The highest BCUT2D eigenvalue weighted by atomic mass is 35.5. The number of halogens is 4. The zero-order chi connectivity index (χ0) is 18.4. The van der Waals surface area contributed by atoms with E-state index in [0.29, 0.717) is 5.02 Å². The van der Waals surface area contributed by atoms with Crippen LogP contribution in [0.4, 0.5) is 13.2 Å². The Morgan fingerprint density at radius 3 is 2.28 bits per heavy atom. The second kappa shape index (κ2) is 8.02. The van der Waals surface area contributed by atoms with Gasteiger partial charge in [-0.25, -0.2) is 0 Å². The van der Waals surface area contributed by atoms with E-state index in [0.717, 1.165) is 29.8 Å². The Balaban J connectivity index is 1.82. The molecule has 0 atom stereocenters. The number of nitrogens with one attached hydrogen (secondary N) is 2. The van der Waals surface area contributed by atoms with Crippen molar-refractivity contribution in [1.29, 1.82) is 0 Å². The first-order chi connectivity index (χ1) is 11.8. The summed E-state index contributed by atoms with van der Waals surface area (Å²) in [4.78, 5) is 23.6. The number of hydrogen-bond donors (Lipinski definition) is 2. The van der Waals surface area contributed by atoms with E-state index in [9.17, 15) is 22.8 Å². The van der Waals surface area contributed by atoms with Gasteiger partial charge in [0.2, 0.25) is 5.91 Å². The van der Waals surface area contributed by atoms with Crippen molar-refractivity contribution in [2.75, 3.05) is 6.54 Å². The van der Waals surface area contributed by atoms with Gasteiger partial charge in [-0.15, -0.1) is 0 Å². The Morgan fingerprint density at radius 2 is 1.68 bits per heavy atom. The summed E-state index contributed by atoms with van der Waals surface area (Å²) in [6, 6.07) is 10.7. The number of benzene rings is 2. The zero-order valence-electron chi connectivity index (χ0n) is 12.9. The molecule has 8 heteroatoms. The predicted octanol–water partition coefficient (Wildman–Crippen LogP) is 3.41. The lowest BCUT2D eigenvalue weighted by molar-refractivity contribution is -0.137. The standard InChI is InChI=1S/C17H14ClF3N2O2/c18-14-3-1-2-11(8-14)9-22-15(24)10-23-16(25)12-4-6-13(7-5-12)17(19,20)21/h1-8H,9-10H2,(H,22,24)(H,23,25). The molecule has 4 nitrogen and oxygen atoms in total. The van der Waals surface area contributed by atoms with Crippen molar-refractivity contribution in [2.45, 2.75) is 12.7 Å². The Kier molecular flexibility index (Phi) is 6.03. The van der Waals surface area contributed by atoms with Crippen molar-refractivity contribution in [3.63, 3.8) is 0 Å². The van der Waals surface area contributed by atoms with Gasteiger partial charge in [0.15, 0.2) is 0 Å². The number of alkyl halides is 3. The fraction of sp³-hybridized carbons (Fsp3) is 0.176. The molecule has 2 aromatic rings. The summed E-state index contributed by atoms with van der Waals surface area (Å²) in [6.07, 6.45) is -4.46. The lowest BCUT2D eigenvalue weighted by Crippen LogP contribution is -2.36. The minimum absolute atomic E-state index is 0.0376. The maximum atomic E-state index is 12.5. The van der Waals surface area contributed by atoms with E-state index in [4.69, 9.17) is 11.6 Å². The molecule has 0 fully saturated rings. The lowest BCUT2D eigenvalue weighted by Gasteiger charge is -2.09. The molecule has 2 rings (SSSR count). The van der Waals surface area contributed by atoms with Crippen LogP contribution < -0.4 is 10.6 Å². The van der Waals surface area contributed by atoms with E-state index in [1.165, 1.54) is 0 Å². The van der Waals surface area contributed by atoms with E-state index in [-0.39, 0.29) is 18.7 Å². The summed E-state index contributed by atoms with van der Waals surface area (Å²) < 4.78 is 37.4. The summed E-state index contributed by atoms with van der Waals surface area (Å²) in [5.74, 6) is -1.06. The van der Waals surface area contributed by atoms with Crippen molar-refractivity contribution in [2.24, 2.45) is 0 Å². The average molecular weight is 371 g/mol. The predicted molar refractivity (Wildman–Crippen MR) is 87.1 cm³/mol. The normalized spacial score (nSPS) is 11.0. The van der Waals surface area contributed by atoms with Crippen molar-refractivity contribution >= 4 is 23.4 Å². The fourth-order valence-corrected chi connectivity index (χ4v) is 2.20. The molecule has 0 aliphatic rings. The Morgan fingerprint density at radius 1 is 1.00 bits per heavy atom. The van der Waals surface area contributed by atoms with E-state index in [2.05, 4.69) is 10.6 Å². The third kappa shape index (κ3) is 5.79. The molecule has 0 spiro atoms. The van der Waals surface area contributed by atoms with Crippen molar-refractivity contribution in [3.05, 3.63) is 70.2 Å². The van der Waals surface area contributed by atoms with Gasteiger partial charge >= 0.3 is 6.18 Å². The summed E-state index contributed by atoms with van der Waals surface area (Å²) >= 11 is 5.83. The van der Waals surface area contributed by atoms with Gasteiger partial charge in [-0.2, -0.15) is 13.2 Å². The van der Waals surface area contributed by atoms with Crippen LogP contribution in [-0.4, -0.2) is 18.4 Å². The largest absolute Gasteiger partial charge is 0.416 e. The van der Waals surface area contributed by atoms with Gasteiger partial charge in [0.1, 0.15) is 0 Å². The minimum atomic E-state index is -4.46. The summed E-state index contributed by atoms with van der Waals surface area (Å²) in [7, 11) is 0. The Bertz CT molecular complexity index is 761. The summed E-state index contributed by atoms with van der Waals surface area (Å²) in [5.41, 5.74) is -0.00567. The first kappa shape index (κ1) is 18.8. The van der Waals surface area contributed by atoms with Crippen molar-refractivity contribution in [1.82, 2.24) is 10.6 Å². The second-order valence-corrected chi connectivity index (χ2v) is 5.60. The molecular formula is C17H14ClF3N2O2. The molecule has 2 N–H and O–H groups in total. The average Bonchev–Trinajstić information content (AvgIpc) is 2.57. The molecule has 2 amide bonds. The van der Waals surface area contributed by atoms with E-state index < -0.39 is 23.6 Å². The van der Waals surface area contributed by atoms with Crippen LogP contribution in [0, 0.1) is 0 Å². The highest BCUT2D eigenvalue weighted by molar-refractivity contribution is 6.30. The Labute approximate surface area is 147 Å². The third-order valence-corrected chi connectivity index (χ3v) is 3.50. The van der Waals surface area contributed by atoms with E-state index in [1.807, 2.05) is 0 Å². The van der Waals surface area contributed by atoms with Crippen LogP contribution in [0.3, 0.4) is 0 Å². The monoisotopic (exact) mass is 370 g/mol. The van der Waals surface area contributed by atoms with Gasteiger partial charge in [0.05, 0.1) is 12.1 Å². The highest BCUT2D eigenvalue weighted by Crippen LogP contribution is 2.29. The van der Waals surface area contributed by atoms with Crippen LogP contribution in [0.5, 0.6) is 0 Å². The zero-order valence-corrected chi connectivity index (χ0v) is 13.6. The van der Waals surface area contributed by atoms with Crippen molar-refractivity contribution in [3.8, 4) is 0 Å². The molecule has 132 valence electrons. The maximum absolute atomic E-state index is 12.5. The molecule has 0 unspecified atom stereocenters. The van der Waals surface area contributed by atoms with Gasteiger partial charge in [0.25, 0.3) is 5.91 Å². The summed E-state index contributed by atoms with van der Waals surface area (Å²) in [5, 5.41) is 5.49. The van der Waals surface area contributed by atoms with Crippen LogP contribution in [0.25, 0.3) is 0 Å². The molecule has 0 aliphatic carbocycles. The van der Waals surface area contributed by atoms with E-state index >= 15 is 0 Å². The first-order valence-electron chi connectivity index (χ1n) is 7.22. The molecule has 2 aromatic carbocycles. The molecule has 0 bridgehead atoms. The quantitative estimate of drug-likeness (QED) is 0.847. The minimum Gasteiger partial charge on any atom is -0.350 e. The molecule has 25 heavy (non-hydrogen) atoms. The molecule has 0 aliphatic heterocycles. The SMILES string of the molecule is O=C(CNC(=O)c1ccc(C(F)(F)F)cc1)NCc1cccc(Cl)c1. The molecular weight excluding hydrogens is 357 g/mol. The van der Waals surface area contributed by atoms with Gasteiger partial charge < -0.3 is 10.6 Å². The molecule has 0 radical (unpaired) electrons. The van der Waals surface area contributed by atoms with Crippen LogP contribution in [-0.2, 0) is 17.5 Å². The third-order valence-electron chi connectivity index (χ3n) is 3.26. The number of rotatable bonds is 5. The van der Waals surface area contributed by atoms with Crippen molar-refractivity contribution < 1.29 is 22.8 Å². The van der Waals surface area contributed by atoms with Crippen LogP contribution >= 0.6 is 11.6 Å². The van der Waals surface area contributed by atoms with Gasteiger partial charge in [0, 0.05) is 17.1 Å². The second-order valence-electron chi connectivity index (χ2n) is 5.16. The molecule has 0 aromatic heterocycles. The molecule has 0 saturated heterocycles. The van der Waals surface area contributed by atoms with Gasteiger partial charge in [-0.1, -0.05) is 23.7 Å². The number of amides is 2. The van der Waals surface area contributed by atoms with Gasteiger partial charge in [-0.3, -0.25) is 9.59 Å². The van der Waals surface area contributed by atoms with E-state index in [1.54, 1.807) is 24.3 Å². The molecule has 0 heterocycles. The lowest BCUT2D eigenvalue weighted by atomic mass is 10.1. The number of carbonyl (C=O) groups is 2. The van der Waals surface area contributed by atoms with Crippen LogP contribution in [0.1, 0.15) is 21.5 Å². The topological polar surface area (TPSA) is 58.2 Å². The van der Waals surface area contributed by atoms with Crippen LogP contribution in [0.2, 0.25) is 5.02 Å². The fourth-order valence-electron chi connectivity index (χ4n) is 1.98. The first-order valence-corrected chi connectivity index (χ1v) is 7.60. The Hall–Kier alpha value is -2.54. The number of hydrogen-bond acceptors (Lipinski definition) is 2. The highest BCUT2D eigenvalue weighted by Gasteiger charge is 2.30. The van der Waals surface area contributed by atoms with Crippen LogP contribution in [0.15, 0.2) is 48.5 Å². The smallest absolute Gasteiger partial charge is 0.350 e.